The molecule has 96 valence electrons. The minimum Gasteiger partial charge on any atom is -0.383 e. The van der Waals surface area contributed by atoms with Crippen molar-refractivity contribution in [2.45, 2.75) is 13.0 Å². The molecule has 18 heavy (non-hydrogen) atoms. The minimum absolute atomic E-state index is 0.182. The largest absolute Gasteiger partial charge is 0.383 e. The molecule has 0 aliphatic rings. The van der Waals surface area contributed by atoms with E-state index in [9.17, 15) is 0 Å². The van der Waals surface area contributed by atoms with Crippen molar-refractivity contribution in [3.05, 3.63) is 24.4 Å². The Morgan fingerprint density at radius 2 is 2.39 bits per heavy atom. The van der Waals surface area contributed by atoms with Gasteiger partial charge in [0.25, 0.3) is 0 Å². The van der Waals surface area contributed by atoms with Crippen LogP contribution in [0.1, 0.15) is 6.92 Å². The van der Waals surface area contributed by atoms with Gasteiger partial charge in [0, 0.05) is 30.4 Å². The summed E-state index contributed by atoms with van der Waals surface area (Å²) < 4.78 is 10.4. The first-order chi connectivity index (χ1) is 8.69. The summed E-state index contributed by atoms with van der Waals surface area (Å²) in [6, 6.07) is 6.25. The third-order valence-electron chi connectivity index (χ3n) is 2.40. The predicted molar refractivity (Wildman–Crippen MR) is 80.3 cm³/mol. The molecule has 0 saturated heterocycles. The van der Waals surface area contributed by atoms with Gasteiger partial charge in [-0.1, -0.05) is 0 Å². The Hall–Kier alpha value is -1.24. The molecule has 0 bridgehead atoms. The van der Waals surface area contributed by atoms with Crippen molar-refractivity contribution in [2.75, 3.05) is 19.0 Å². The number of rotatable bonds is 4. The lowest BCUT2D eigenvalue weighted by atomic mass is 10.2. The zero-order chi connectivity index (χ0) is 13.0. The monoisotopic (exact) mass is 281 g/mol. The maximum Gasteiger partial charge on any atom is 0.171 e. The van der Waals surface area contributed by atoms with Crippen LogP contribution >= 0.6 is 23.8 Å². The van der Waals surface area contributed by atoms with E-state index >= 15 is 0 Å². The van der Waals surface area contributed by atoms with E-state index in [2.05, 4.69) is 15.0 Å². The summed E-state index contributed by atoms with van der Waals surface area (Å²) in [4.78, 5) is 0. The van der Waals surface area contributed by atoms with Crippen molar-refractivity contribution in [1.29, 1.82) is 0 Å². The normalized spacial score (nSPS) is 12.3. The molecule has 2 rings (SSSR count). The fourth-order valence-electron chi connectivity index (χ4n) is 1.63. The number of benzene rings is 1. The van der Waals surface area contributed by atoms with Crippen LogP contribution in [-0.2, 0) is 4.74 Å². The van der Waals surface area contributed by atoms with Gasteiger partial charge < -0.3 is 15.4 Å². The molecule has 1 aromatic heterocycles. The van der Waals surface area contributed by atoms with E-state index in [1.807, 2.05) is 31.3 Å². The summed E-state index contributed by atoms with van der Waals surface area (Å²) in [6.45, 7) is 2.64. The Labute approximate surface area is 116 Å². The highest BCUT2D eigenvalue weighted by Crippen LogP contribution is 2.21. The number of nitrogens with zero attached hydrogens (tertiary/aromatic N) is 1. The fraction of sp³-hybridized carbons (Fsp3) is 0.333. The van der Waals surface area contributed by atoms with Crippen LogP contribution in [0.2, 0.25) is 0 Å². The van der Waals surface area contributed by atoms with Gasteiger partial charge in [-0.3, -0.25) is 0 Å². The maximum absolute atomic E-state index is 5.24. The lowest BCUT2D eigenvalue weighted by molar-refractivity contribution is 0.179. The molecule has 0 aliphatic carbocycles. The first-order valence-corrected chi connectivity index (χ1v) is 6.78. The number of thiocarbonyl (C=S) groups is 1. The molecule has 0 fully saturated rings. The number of fused-ring (bicyclic) bond motifs is 1. The van der Waals surface area contributed by atoms with Crippen LogP contribution in [-0.4, -0.2) is 29.2 Å². The number of anilines is 1. The second kappa shape index (κ2) is 6.08. The van der Waals surface area contributed by atoms with E-state index in [0.717, 1.165) is 11.1 Å². The number of methoxy groups -OCH3 is 1. The van der Waals surface area contributed by atoms with Crippen LogP contribution in [0.3, 0.4) is 0 Å². The molecule has 1 heterocycles. The van der Waals surface area contributed by atoms with Crippen LogP contribution in [0.5, 0.6) is 0 Å². The highest BCUT2D eigenvalue weighted by Gasteiger charge is 2.04. The van der Waals surface area contributed by atoms with Crippen molar-refractivity contribution >= 4 is 44.6 Å². The summed E-state index contributed by atoms with van der Waals surface area (Å²) in [5.74, 6) is 0. The van der Waals surface area contributed by atoms with Gasteiger partial charge in [0.05, 0.1) is 11.3 Å². The Bertz CT molecular complexity index is 541. The van der Waals surface area contributed by atoms with Crippen LogP contribution in [0.4, 0.5) is 5.69 Å². The zero-order valence-electron chi connectivity index (χ0n) is 10.3. The highest BCUT2D eigenvalue weighted by molar-refractivity contribution is 7.80. The Kier molecular flexibility index (Phi) is 4.46. The summed E-state index contributed by atoms with van der Waals surface area (Å²) in [5, 5.41) is 8.03. The van der Waals surface area contributed by atoms with E-state index in [1.165, 1.54) is 16.2 Å². The summed E-state index contributed by atoms with van der Waals surface area (Å²) in [7, 11) is 1.67. The summed E-state index contributed by atoms with van der Waals surface area (Å²) in [5.41, 5.74) is 0.963. The van der Waals surface area contributed by atoms with Crippen molar-refractivity contribution in [3.8, 4) is 0 Å². The smallest absolute Gasteiger partial charge is 0.171 e. The molecule has 0 spiro atoms. The van der Waals surface area contributed by atoms with Gasteiger partial charge in [-0.2, -0.15) is 4.37 Å². The molecule has 0 saturated carbocycles. The number of aromatic nitrogens is 1. The van der Waals surface area contributed by atoms with E-state index in [0.29, 0.717) is 11.7 Å². The Balaban J connectivity index is 1.97. The summed E-state index contributed by atoms with van der Waals surface area (Å²) >= 11 is 6.73. The van der Waals surface area contributed by atoms with Gasteiger partial charge >= 0.3 is 0 Å². The van der Waals surface area contributed by atoms with E-state index in [4.69, 9.17) is 17.0 Å². The molecule has 0 unspecified atom stereocenters. The summed E-state index contributed by atoms with van der Waals surface area (Å²) in [6.07, 6.45) is 1.86. The van der Waals surface area contributed by atoms with Crippen LogP contribution in [0.25, 0.3) is 10.1 Å². The number of nitrogens with one attached hydrogen (secondary N) is 2. The molecule has 0 aliphatic heterocycles. The standard InChI is InChI=1S/C12H15N3OS2/c1-8(7-16-2)14-12(17)15-10-3-4-11-9(5-10)6-13-18-11/h3-6,8H,7H2,1-2H3,(H2,14,15,17)/t8-/m0/s1. The molecule has 2 N–H and O–H groups in total. The highest BCUT2D eigenvalue weighted by atomic mass is 32.1. The van der Waals surface area contributed by atoms with Gasteiger partial charge in [0.15, 0.2) is 5.11 Å². The van der Waals surface area contributed by atoms with Crippen molar-refractivity contribution in [1.82, 2.24) is 9.69 Å². The lowest BCUT2D eigenvalue weighted by Gasteiger charge is -2.16. The SMILES string of the molecule is COC[C@H](C)NC(=S)Nc1ccc2sncc2c1. The van der Waals surface area contributed by atoms with E-state index < -0.39 is 0 Å². The average Bonchev–Trinajstić information content (AvgIpc) is 2.76. The van der Waals surface area contributed by atoms with Crippen LogP contribution in [0.15, 0.2) is 24.4 Å². The third kappa shape index (κ3) is 3.38. The first kappa shape index (κ1) is 13.2. The number of hydrogen-bond donors (Lipinski definition) is 2. The van der Waals surface area contributed by atoms with Gasteiger partial charge in [-0.15, -0.1) is 0 Å². The maximum atomic E-state index is 5.24. The van der Waals surface area contributed by atoms with Crippen LogP contribution < -0.4 is 10.6 Å². The second-order valence-electron chi connectivity index (χ2n) is 4.03. The van der Waals surface area contributed by atoms with Gasteiger partial charge in [0.2, 0.25) is 0 Å². The lowest BCUT2D eigenvalue weighted by Crippen LogP contribution is -2.38. The molecule has 4 nitrogen and oxygen atoms in total. The van der Waals surface area contributed by atoms with Gasteiger partial charge in [-0.25, -0.2) is 0 Å². The average molecular weight is 281 g/mol. The Morgan fingerprint density at radius 3 is 3.17 bits per heavy atom. The van der Waals surface area contributed by atoms with Crippen molar-refractivity contribution in [3.63, 3.8) is 0 Å². The molecule has 0 radical (unpaired) electrons. The Morgan fingerprint density at radius 1 is 1.56 bits per heavy atom. The molecular weight excluding hydrogens is 266 g/mol. The number of ether oxygens (including phenoxy) is 1. The molecule has 2 aromatic rings. The minimum atomic E-state index is 0.182. The van der Waals surface area contributed by atoms with Crippen molar-refractivity contribution < 1.29 is 4.74 Å². The van der Waals surface area contributed by atoms with Gasteiger partial charge in [-0.05, 0) is 48.9 Å². The van der Waals surface area contributed by atoms with E-state index in [1.54, 1.807) is 7.11 Å². The molecule has 1 atom stereocenters. The molecule has 6 heteroatoms. The fourth-order valence-corrected chi connectivity index (χ4v) is 2.58. The van der Waals surface area contributed by atoms with E-state index in [-0.39, 0.29) is 6.04 Å². The van der Waals surface area contributed by atoms with Crippen LogP contribution in [0, 0.1) is 0 Å². The van der Waals surface area contributed by atoms with Crippen molar-refractivity contribution in [2.24, 2.45) is 0 Å². The first-order valence-electron chi connectivity index (χ1n) is 5.60. The predicted octanol–water partition coefficient (Wildman–Crippen LogP) is 2.62. The topological polar surface area (TPSA) is 46.2 Å². The van der Waals surface area contributed by atoms with Gasteiger partial charge in [0.1, 0.15) is 0 Å². The second-order valence-corrected chi connectivity index (χ2v) is 5.27. The number of hydrogen-bond acceptors (Lipinski definition) is 4. The zero-order valence-corrected chi connectivity index (χ0v) is 11.9. The molecule has 1 aromatic carbocycles. The molecule has 0 amide bonds. The molecular formula is C12H15N3OS2. The quantitative estimate of drug-likeness (QED) is 0.844. The third-order valence-corrected chi connectivity index (χ3v) is 3.40.